The van der Waals surface area contributed by atoms with E-state index in [1.165, 1.54) is 6.07 Å². The van der Waals surface area contributed by atoms with Crippen LogP contribution in [0.1, 0.15) is 33.2 Å². The number of hydrogen-bond acceptors (Lipinski definition) is 4. The summed E-state index contributed by atoms with van der Waals surface area (Å²) in [5.41, 5.74) is 0.271. The Kier molecular flexibility index (Phi) is 8.87. The third-order valence-corrected chi connectivity index (χ3v) is 8.25. The normalized spacial score (nSPS) is 16.0. The van der Waals surface area contributed by atoms with Gasteiger partial charge in [-0.1, -0.05) is 40.9 Å². The fourth-order valence-corrected chi connectivity index (χ4v) is 5.82. The fourth-order valence-electron chi connectivity index (χ4n) is 4.26. The minimum absolute atomic E-state index is 0.0770. The maximum atomic E-state index is 13.2. The highest BCUT2D eigenvalue weighted by Gasteiger charge is 2.34. The summed E-state index contributed by atoms with van der Waals surface area (Å²) in [5.74, 6) is -0.785. The maximum absolute atomic E-state index is 13.2. The zero-order valence-corrected chi connectivity index (χ0v) is 23.2. The van der Waals surface area contributed by atoms with Gasteiger partial charge in [-0.15, -0.1) is 11.8 Å². The lowest BCUT2D eigenvalue weighted by Crippen LogP contribution is -2.53. The number of carbonyl (C=O) groups is 2. The summed E-state index contributed by atoms with van der Waals surface area (Å²) in [6.45, 7) is 3.74. The molecule has 0 saturated carbocycles. The van der Waals surface area contributed by atoms with Crippen molar-refractivity contribution in [1.82, 2.24) is 4.90 Å². The first-order valence-corrected chi connectivity index (χ1v) is 13.7. The Morgan fingerprint density at radius 2 is 1.68 bits per heavy atom. The number of Topliss-reactive ketones (excluding diaryl/α,β-unsaturated/α-hetero) is 1. The number of nitrogens with zero attached hydrogens (tertiary/aromatic N) is 2. The molecule has 0 unspecified atom stereocenters. The number of benzene rings is 3. The first-order chi connectivity index (χ1) is 17.9. The number of alkyl halides is 3. The highest BCUT2D eigenvalue weighted by atomic mass is 35.5. The second kappa shape index (κ2) is 11.8. The van der Waals surface area contributed by atoms with Crippen molar-refractivity contribution in [1.29, 1.82) is 0 Å². The second-order valence-electron chi connectivity index (χ2n) is 8.82. The van der Waals surface area contributed by atoms with Gasteiger partial charge in [-0.05, 0) is 61.5 Å². The number of carbonyl (C=O) groups excluding carboxylic acids is 2. The average molecular weight is 602 g/mol. The Balaban J connectivity index is 1.38. The average Bonchev–Trinajstić information content (AvgIpc) is 2.86. The van der Waals surface area contributed by atoms with Gasteiger partial charge < -0.3 is 9.80 Å². The Bertz CT molecular complexity index is 1370. The van der Waals surface area contributed by atoms with Gasteiger partial charge in [0.2, 0.25) is 0 Å². The van der Waals surface area contributed by atoms with E-state index in [1.807, 2.05) is 31.2 Å². The van der Waals surface area contributed by atoms with Crippen LogP contribution in [0.2, 0.25) is 15.1 Å². The van der Waals surface area contributed by atoms with E-state index in [-0.39, 0.29) is 28.3 Å². The molecule has 0 N–H and O–H groups in total. The highest BCUT2D eigenvalue weighted by molar-refractivity contribution is 8.00. The molecule has 3 aromatic carbocycles. The van der Waals surface area contributed by atoms with Gasteiger partial charge in [0.1, 0.15) is 0 Å². The van der Waals surface area contributed by atoms with Crippen LogP contribution in [0, 0.1) is 0 Å². The lowest BCUT2D eigenvalue weighted by Gasteiger charge is -2.41. The number of rotatable bonds is 6. The molecule has 1 fully saturated rings. The topological polar surface area (TPSA) is 40.6 Å². The van der Waals surface area contributed by atoms with E-state index in [9.17, 15) is 22.8 Å². The van der Waals surface area contributed by atoms with E-state index in [0.29, 0.717) is 35.1 Å². The molecule has 0 aromatic heterocycles. The Morgan fingerprint density at radius 3 is 2.34 bits per heavy atom. The number of halogens is 6. The van der Waals surface area contributed by atoms with Crippen molar-refractivity contribution in [3.63, 3.8) is 0 Å². The van der Waals surface area contributed by atoms with Gasteiger partial charge in [-0.25, -0.2) is 0 Å². The van der Waals surface area contributed by atoms with Crippen molar-refractivity contribution in [2.75, 3.05) is 30.3 Å². The molecule has 1 amide bonds. The number of amides is 1. The quantitative estimate of drug-likeness (QED) is 0.212. The third-order valence-electron chi connectivity index (χ3n) is 6.19. The second-order valence-corrected chi connectivity index (χ2v) is 11.1. The number of ketones is 1. The largest absolute Gasteiger partial charge is 0.417 e. The molecule has 0 aliphatic carbocycles. The van der Waals surface area contributed by atoms with Crippen molar-refractivity contribution >= 4 is 63.9 Å². The number of anilines is 1. The molecular weight excluding hydrogens is 580 g/mol. The van der Waals surface area contributed by atoms with E-state index in [0.717, 1.165) is 29.6 Å². The zero-order chi connectivity index (χ0) is 27.6. The first-order valence-electron chi connectivity index (χ1n) is 11.6. The predicted octanol–water partition coefficient (Wildman–Crippen LogP) is 7.99. The van der Waals surface area contributed by atoms with Gasteiger partial charge in [0.15, 0.2) is 5.78 Å². The minimum atomic E-state index is -4.66. The summed E-state index contributed by atoms with van der Waals surface area (Å²) in [6, 6.07) is 15.6. The maximum Gasteiger partial charge on any atom is 0.417 e. The lowest BCUT2D eigenvalue weighted by atomic mass is 10.1. The summed E-state index contributed by atoms with van der Waals surface area (Å²) in [6.07, 6.45) is -4.66. The molecule has 4 nitrogen and oxygen atoms in total. The van der Waals surface area contributed by atoms with Gasteiger partial charge in [-0.2, -0.15) is 13.2 Å². The smallest absolute Gasteiger partial charge is 0.365 e. The van der Waals surface area contributed by atoms with Crippen LogP contribution in [0.3, 0.4) is 0 Å². The van der Waals surface area contributed by atoms with E-state index >= 15 is 0 Å². The van der Waals surface area contributed by atoms with Crippen LogP contribution in [-0.2, 0) is 6.18 Å². The number of thioether (sulfide) groups is 1. The SMILES string of the molecule is C[C@H]1CN(C(=O)c2ccc(SCC(=O)c3ccc(Cl)c(C(F)(F)F)c3)c(Cl)c2)CCN1c1cccc(Cl)c1. The summed E-state index contributed by atoms with van der Waals surface area (Å²) in [4.78, 5) is 30.2. The Labute approximate surface area is 237 Å². The lowest BCUT2D eigenvalue weighted by molar-refractivity contribution is -0.137. The molecule has 0 radical (unpaired) electrons. The van der Waals surface area contributed by atoms with Crippen LogP contribution in [0.15, 0.2) is 65.6 Å². The molecule has 1 heterocycles. The summed E-state index contributed by atoms with van der Waals surface area (Å²) < 4.78 is 39.3. The van der Waals surface area contributed by atoms with Gasteiger partial charge in [0.25, 0.3) is 5.91 Å². The minimum Gasteiger partial charge on any atom is -0.365 e. The summed E-state index contributed by atoms with van der Waals surface area (Å²) >= 11 is 19.2. The fraction of sp³-hybridized carbons (Fsp3) is 0.259. The van der Waals surface area contributed by atoms with Gasteiger partial charge >= 0.3 is 6.18 Å². The molecule has 0 bridgehead atoms. The zero-order valence-electron chi connectivity index (χ0n) is 20.1. The molecule has 0 spiro atoms. The molecule has 4 rings (SSSR count). The van der Waals surface area contributed by atoms with E-state index in [2.05, 4.69) is 4.90 Å². The van der Waals surface area contributed by atoms with Crippen molar-refractivity contribution in [3.8, 4) is 0 Å². The van der Waals surface area contributed by atoms with Crippen LogP contribution in [0.25, 0.3) is 0 Å². The summed E-state index contributed by atoms with van der Waals surface area (Å²) in [7, 11) is 0. The van der Waals surface area contributed by atoms with E-state index in [4.69, 9.17) is 34.8 Å². The molecule has 11 heteroatoms. The molecule has 3 aromatic rings. The van der Waals surface area contributed by atoms with Crippen molar-refractivity contribution < 1.29 is 22.8 Å². The molecule has 1 saturated heterocycles. The third kappa shape index (κ3) is 6.60. The monoisotopic (exact) mass is 600 g/mol. The van der Waals surface area contributed by atoms with Crippen molar-refractivity contribution in [3.05, 3.63) is 92.4 Å². The van der Waals surface area contributed by atoms with Crippen molar-refractivity contribution in [2.24, 2.45) is 0 Å². The van der Waals surface area contributed by atoms with Crippen molar-refractivity contribution in [2.45, 2.75) is 24.0 Å². The Hall–Kier alpha value is -2.39. The molecular formula is C27H22Cl3F3N2O2S. The standard InChI is InChI=1S/C27H22Cl3F3N2O2S/c1-16-14-34(9-10-35(16)20-4-2-3-19(28)13-20)26(37)18-6-8-25(23(30)12-18)38-15-24(36)17-5-7-22(29)21(11-17)27(31,32)33/h2-8,11-13,16H,9-10,14-15H2,1H3/t16-/m0/s1. The van der Waals surface area contributed by atoms with E-state index in [1.54, 1.807) is 23.1 Å². The highest BCUT2D eigenvalue weighted by Crippen LogP contribution is 2.36. The molecule has 38 heavy (non-hydrogen) atoms. The van der Waals surface area contributed by atoms with E-state index < -0.39 is 22.5 Å². The molecule has 200 valence electrons. The van der Waals surface area contributed by atoms with Gasteiger partial charge in [0, 0.05) is 52.4 Å². The van der Waals surface area contributed by atoms with Gasteiger partial charge in [-0.3, -0.25) is 9.59 Å². The van der Waals surface area contributed by atoms with Crippen LogP contribution >= 0.6 is 46.6 Å². The number of hydrogen-bond donors (Lipinski definition) is 0. The van der Waals surface area contributed by atoms with Gasteiger partial charge in [0.05, 0.1) is 21.4 Å². The van der Waals surface area contributed by atoms with Crippen LogP contribution in [-0.4, -0.2) is 48.0 Å². The first kappa shape index (κ1) is 28.6. The molecule has 1 aliphatic heterocycles. The van der Waals surface area contributed by atoms with Crippen LogP contribution < -0.4 is 4.90 Å². The molecule has 1 aliphatic rings. The number of piperazine rings is 1. The predicted molar refractivity (Wildman–Crippen MR) is 147 cm³/mol. The molecule has 1 atom stereocenters. The van der Waals surface area contributed by atoms with Crippen LogP contribution in [0.4, 0.5) is 18.9 Å². The van der Waals surface area contributed by atoms with Crippen LogP contribution in [0.5, 0.6) is 0 Å². The summed E-state index contributed by atoms with van der Waals surface area (Å²) in [5, 5.41) is 0.471. The Morgan fingerprint density at radius 1 is 0.947 bits per heavy atom.